The highest BCUT2D eigenvalue weighted by Gasteiger charge is 2.37. The lowest BCUT2D eigenvalue weighted by atomic mass is 9.88. The van der Waals surface area contributed by atoms with Gasteiger partial charge in [-0.2, -0.15) is 0 Å². The van der Waals surface area contributed by atoms with Crippen LogP contribution in [0.2, 0.25) is 0 Å². The highest BCUT2D eigenvalue weighted by Crippen LogP contribution is 2.33. The number of likely N-dealkylation sites (tertiary alicyclic amines) is 1. The van der Waals surface area contributed by atoms with Crippen molar-refractivity contribution in [3.05, 3.63) is 35.9 Å². The fourth-order valence-corrected chi connectivity index (χ4v) is 3.85. The second-order valence-corrected chi connectivity index (χ2v) is 7.16. The molecule has 0 unspecified atom stereocenters. The van der Waals surface area contributed by atoms with E-state index in [1.807, 2.05) is 0 Å². The fourth-order valence-electron chi connectivity index (χ4n) is 3.85. The Kier molecular flexibility index (Phi) is 5.37. The fraction of sp³-hybridized carbons (Fsp3) is 0.650. The van der Waals surface area contributed by atoms with Crippen molar-refractivity contribution in [2.75, 3.05) is 13.1 Å². The Morgan fingerprint density at radius 1 is 1.22 bits per heavy atom. The van der Waals surface area contributed by atoms with E-state index in [0.717, 1.165) is 45.2 Å². The molecule has 1 heterocycles. The van der Waals surface area contributed by atoms with E-state index >= 15 is 0 Å². The molecule has 0 bridgehead atoms. The Hall–Kier alpha value is -1.35. The third-order valence-corrected chi connectivity index (χ3v) is 5.52. The van der Waals surface area contributed by atoms with Crippen molar-refractivity contribution in [3.8, 4) is 0 Å². The van der Waals surface area contributed by atoms with Crippen molar-refractivity contribution in [2.45, 2.75) is 58.0 Å². The molecule has 3 atom stereocenters. The third-order valence-electron chi connectivity index (χ3n) is 5.52. The molecule has 1 aliphatic heterocycles. The quantitative estimate of drug-likeness (QED) is 0.867. The van der Waals surface area contributed by atoms with Crippen LogP contribution in [0.15, 0.2) is 30.3 Å². The first-order chi connectivity index (χ1) is 11.2. The number of carbonyl (C=O) groups is 1. The molecular weight excluding hydrogens is 284 g/mol. The van der Waals surface area contributed by atoms with Gasteiger partial charge in [-0.15, -0.1) is 0 Å². The topological polar surface area (TPSA) is 32.3 Å². The van der Waals surface area contributed by atoms with Crippen LogP contribution in [0, 0.1) is 11.8 Å². The van der Waals surface area contributed by atoms with Gasteiger partial charge >= 0.3 is 0 Å². The SMILES string of the molecule is CC[C@@H]1CN(C(=O)C2CC2)CC[C@@H]1N[C@@H](CC)c1ccccc1. The van der Waals surface area contributed by atoms with E-state index in [0.29, 0.717) is 29.8 Å². The number of rotatable bonds is 6. The lowest BCUT2D eigenvalue weighted by Gasteiger charge is -2.40. The Bertz CT molecular complexity index is 512. The van der Waals surface area contributed by atoms with Gasteiger partial charge in [-0.3, -0.25) is 4.79 Å². The second-order valence-electron chi connectivity index (χ2n) is 7.16. The summed E-state index contributed by atoms with van der Waals surface area (Å²) in [5.74, 6) is 1.34. The lowest BCUT2D eigenvalue weighted by molar-refractivity contribution is -0.134. The zero-order chi connectivity index (χ0) is 16.2. The second kappa shape index (κ2) is 7.48. The van der Waals surface area contributed by atoms with Crippen LogP contribution in [-0.2, 0) is 4.79 Å². The van der Waals surface area contributed by atoms with Gasteiger partial charge in [0.25, 0.3) is 0 Å². The van der Waals surface area contributed by atoms with Crippen LogP contribution in [0.3, 0.4) is 0 Å². The first kappa shape index (κ1) is 16.5. The highest BCUT2D eigenvalue weighted by molar-refractivity contribution is 5.81. The van der Waals surface area contributed by atoms with Crippen molar-refractivity contribution >= 4 is 5.91 Å². The minimum absolute atomic E-state index is 0.352. The van der Waals surface area contributed by atoms with Crippen molar-refractivity contribution in [1.82, 2.24) is 10.2 Å². The van der Waals surface area contributed by atoms with Gasteiger partial charge in [-0.1, -0.05) is 50.6 Å². The summed E-state index contributed by atoms with van der Waals surface area (Å²) in [5.41, 5.74) is 1.38. The number of hydrogen-bond donors (Lipinski definition) is 1. The molecule has 1 saturated carbocycles. The molecule has 1 saturated heterocycles. The standard InChI is InChI=1S/C20H30N2O/c1-3-15-14-22(20(23)17-10-11-17)13-12-19(15)21-18(4-2)16-8-6-5-7-9-16/h5-9,15,17-19,21H,3-4,10-14H2,1-2H3/t15-,18+,19+/m1/s1. The molecule has 0 spiro atoms. The average Bonchev–Trinajstić information content (AvgIpc) is 3.45. The number of piperidine rings is 1. The minimum atomic E-state index is 0.352. The Morgan fingerprint density at radius 2 is 1.96 bits per heavy atom. The lowest BCUT2D eigenvalue weighted by Crippen LogP contribution is -2.51. The van der Waals surface area contributed by atoms with Crippen LogP contribution in [-0.4, -0.2) is 29.9 Å². The molecule has 3 nitrogen and oxygen atoms in total. The van der Waals surface area contributed by atoms with Gasteiger partial charge in [0.1, 0.15) is 0 Å². The first-order valence-electron chi connectivity index (χ1n) is 9.32. The van der Waals surface area contributed by atoms with E-state index in [2.05, 4.69) is 54.4 Å². The number of benzene rings is 1. The minimum Gasteiger partial charge on any atom is -0.342 e. The molecule has 1 amide bonds. The molecule has 126 valence electrons. The molecule has 1 aromatic rings. The molecule has 1 aromatic carbocycles. The maximum atomic E-state index is 12.3. The maximum Gasteiger partial charge on any atom is 0.225 e. The van der Waals surface area contributed by atoms with E-state index in [4.69, 9.17) is 0 Å². The van der Waals surface area contributed by atoms with Crippen LogP contribution in [0.5, 0.6) is 0 Å². The zero-order valence-electron chi connectivity index (χ0n) is 14.5. The molecule has 3 heteroatoms. The zero-order valence-corrected chi connectivity index (χ0v) is 14.5. The average molecular weight is 314 g/mol. The summed E-state index contributed by atoms with van der Waals surface area (Å²) >= 11 is 0. The van der Waals surface area contributed by atoms with Gasteiger partial charge in [0, 0.05) is 31.1 Å². The molecule has 2 fully saturated rings. The summed E-state index contributed by atoms with van der Waals surface area (Å²) in [7, 11) is 0. The largest absolute Gasteiger partial charge is 0.342 e. The number of nitrogens with one attached hydrogen (secondary N) is 1. The molecule has 2 aliphatic rings. The Morgan fingerprint density at radius 3 is 2.57 bits per heavy atom. The smallest absolute Gasteiger partial charge is 0.225 e. The Balaban J connectivity index is 1.62. The summed E-state index contributed by atoms with van der Waals surface area (Å²) in [5, 5.41) is 3.89. The van der Waals surface area contributed by atoms with Gasteiger partial charge in [0.05, 0.1) is 0 Å². The van der Waals surface area contributed by atoms with Crippen molar-refractivity contribution in [1.29, 1.82) is 0 Å². The molecule has 1 N–H and O–H groups in total. The normalized spacial score (nSPS) is 26.1. The number of carbonyl (C=O) groups excluding carboxylic acids is 1. The van der Waals surface area contributed by atoms with Crippen LogP contribution in [0.1, 0.15) is 57.6 Å². The van der Waals surface area contributed by atoms with Gasteiger partial charge in [-0.05, 0) is 37.2 Å². The molecule has 23 heavy (non-hydrogen) atoms. The summed E-state index contributed by atoms with van der Waals surface area (Å²) < 4.78 is 0. The summed E-state index contributed by atoms with van der Waals surface area (Å²) in [6.07, 6.45) is 5.54. The van der Waals surface area contributed by atoms with Crippen molar-refractivity contribution < 1.29 is 4.79 Å². The van der Waals surface area contributed by atoms with E-state index < -0.39 is 0 Å². The molecule has 0 radical (unpaired) electrons. The van der Waals surface area contributed by atoms with Crippen LogP contribution < -0.4 is 5.32 Å². The van der Waals surface area contributed by atoms with Gasteiger partial charge < -0.3 is 10.2 Å². The van der Waals surface area contributed by atoms with Gasteiger partial charge in [0.2, 0.25) is 5.91 Å². The van der Waals surface area contributed by atoms with Crippen LogP contribution in [0.4, 0.5) is 0 Å². The number of nitrogens with zero attached hydrogens (tertiary/aromatic N) is 1. The predicted octanol–water partition coefficient (Wildman–Crippen LogP) is 3.76. The molecule has 0 aromatic heterocycles. The van der Waals surface area contributed by atoms with E-state index in [1.54, 1.807) is 0 Å². The molecular formula is C20H30N2O. The third kappa shape index (κ3) is 3.95. The van der Waals surface area contributed by atoms with E-state index in [-0.39, 0.29) is 0 Å². The summed E-state index contributed by atoms with van der Waals surface area (Å²) in [6.45, 7) is 6.37. The highest BCUT2D eigenvalue weighted by atomic mass is 16.2. The van der Waals surface area contributed by atoms with Crippen molar-refractivity contribution in [3.63, 3.8) is 0 Å². The van der Waals surface area contributed by atoms with Crippen LogP contribution in [0.25, 0.3) is 0 Å². The maximum absolute atomic E-state index is 12.3. The monoisotopic (exact) mass is 314 g/mol. The first-order valence-corrected chi connectivity index (χ1v) is 9.32. The number of hydrogen-bond acceptors (Lipinski definition) is 2. The molecule has 1 aliphatic carbocycles. The van der Waals surface area contributed by atoms with Crippen molar-refractivity contribution in [2.24, 2.45) is 11.8 Å². The Labute approximate surface area is 140 Å². The summed E-state index contributed by atoms with van der Waals surface area (Å²) in [6, 6.07) is 11.7. The van der Waals surface area contributed by atoms with Crippen LogP contribution >= 0.6 is 0 Å². The van der Waals surface area contributed by atoms with Gasteiger partial charge in [0.15, 0.2) is 0 Å². The number of amides is 1. The van der Waals surface area contributed by atoms with Gasteiger partial charge in [-0.25, -0.2) is 0 Å². The van der Waals surface area contributed by atoms with E-state index in [9.17, 15) is 4.79 Å². The molecule has 3 rings (SSSR count). The van der Waals surface area contributed by atoms with E-state index in [1.165, 1.54) is 5.56 Å². The predicted molar refractivity (Wildman–Crippen MR) is 94.1 cm³/mol. The summed E-state index contributed by atoms with van der Waals surface area (Å²) in [4.78, 5) is 14.5.